The van der Waals surface area contributed by atoms with Crippen LogP contribution in [0.2, 0.25) is 0 Å². The fraction of sp³-hybridized carbons (Fsp3) is 0.276. The quantitative estimate of drug-likeness (QED) is 0.252. The smallest absolute Gasteiger partial charge is 0.243 e. The minimum Gasteiger partial charge on any atom is -0.325 e. The van der Waals surface area contributed by atoms with Gasteiger partial charge in [0, 0.05) is 30.0 Å². The Hall–Kier alpha value is -3.47. The number of nitrogens with zero attached hydrogens (tertiary/aromatic N) is 4. The summed E-state index contributed by atoms with van der Waals surface area (Å²) in [6.45, 7) is 10.4. The van der Waals surface area contributed by atoms with E-state index in [-0.39, 0.29) is 16.6 Å². The van der Waals surface area contributed by atoms with Crippen LogP contribution in [0.3, 0.4) is 0 Å². The van der Waals surface area contributed by atoms with Gasteiger partial charge in [0.25, 0.3) is 0 Å². The molecule has 39 heavy (non-hydrogen) atoms. The predicted octanol–water partition coefficient (Wildman–Crippen LogP) is 5.62. The number of hydrogen-bond donors (Lipinski definition) is 1. The molecular weight excluding hydrogens is 530 g/mol. The fourth-order valence-corrected chi connectivity index (χ4v) is 6.81. The van der Waals surface area contributed by atoms with Crippen molar-refractivity contribution in [3.8, 4) is 17.1 Å². The van der Waals surface area contributed by atoms with E-state index in [0.717, 1.165) is 28.1 Å². The molecule has 4 rings (SSSR count). The van der Waals surface area contributed by atoms with Gasteiger partial charge in [-0.1, -0.05) is 73.6 Å². The molecule has 0 aliphatic rings. The lowest BCUT2D eigenvalue weighted by molar-refractivity contribution is -0.113. The molecule has 3 aromatic carbocycles. The Balaban J connectivity index is 1.66. The average Bonchev–Trinajstić information content (AvgIpc) is 3.35. The van der Waals surface area contributed by atoms with Gasteiger partial charge in [-0.3, -0.25) is 9.36 Å². The Bertz CT molecular complexity index is 1560. The molecule has 0 spiro atoms. The lowest BCUT2D eigenvalue weighted by Crippen LogP contribution is -2.30. The number of carbonyl (C=O) groups excluding carboxylic acids is 1. The second-order valence-electron chi connectivity index (χ2n) is 9.20. The number of carbonyl (C=O) groups is 1. The van der Waals surface area contributed by atoms with Crippen molar-refractivity contribution in [3.63, 3.8) is 0 Å². The number of amides is 1. The van der Waals surface area contributed by atoms with E-state index in [2.05, 4.69) is 15.5 Å². The van der Waals surface area contributed by atoms with E-state index < -0.39 is 10.0 Å². The van der Waals surface area contributed by atoms with Crippen molar-refractivity contribution in [3.05, 3.63) is 83.4 Å². The highest BCUT2D eigenvalue weighted by Gasteiger charge is 2.24. The Kier molecular flexibility index (Phi) is 8.89. The second kappa shape index (κ2) is 12.1. The monoisotopic (exact) mass is 563 g/mol. The number of para-hydroxylation sites is 1. The van der Waals surface area contributed by atoms with Crippen molar-refractivity contribution in [2.24, 2.45) is 0 Å². The van der Waals surface area contributed by atoms with Gasteiger partial charge < -0.3 is 5.32 Å². The van der Waals surface area contributed by atoms with E-state index in [9.17, 15) is 13.2 Å². The second-order valence-corrected chi connectivity index (χ2v) is 12.1. The molecule has 0 fully saturated rings. The lowest BCUT2D eigenvalue weighted by Gasteiger charge is -2.19. The van der Waals surface area contributed by atoms with Gasteiger partial charge in [0.15, 0.2) is 11.0 Å². The standard InChI is InChI=1S/C29H33N5O3S2/c1-6-33(7-2)39(36,37)25-15-11-12-23(18-25)28-31-32-29(34(28)24-13-9-8-10-14-24)38-19-26(35)30-27-21(4)16-20(3)17-22(27)5/h8-18H,6-7,19H2,1-5H3,(H,30,35). The molecule has 0 saturated heterocycles. The van der Waals surface area contributed by atoms with E-state index in [4.69, 9.17) is 0 Å². The number of thioether (sulfide) groups is 1. The highest BCUT2D eigenvalue weighted by molar-refractivity contribution is 7.99. The van der Waals surface area contributed by atoms with Gasteiger partial charge >= 0.3 is 0 Å². The summed E-state index contributed by atoms with van der Waals surface area (Å²) in [5.74, 6) is 0.478. The van der Waals surface area contributed by atoms with Crippen LogP contribution in [0, 0.1) is 20.8 Å². The zero-order chi connectivity index (χ0) is 28.2. The molecule has 8 nitrogen and oxygen atoms in total. The van der Waals surface area contributed by atoms with Crippen LogP contribution in [0.1, 0.15) is 30.5 Å². The van der Waals surface area contributed by atoms with E-state index in [0.29, 0.717) is 29.6 Å². The minimum absolute atomic E-state index is 0.133. The largest absolute Gasteiger partial charge is 0.325 e. The molecule has 0 radical (unpaired) electrons. The number of sulfonamides is 1. The van der Waals surface area contributed by atoms with Gasteiger partial charge in [0.05, 0.1) is 10.6 Å². The number of benzene rings is 3. The summed E-state index contributed by atoms with van der Waals surface area (Å²) in [4.78, 5) is 13.1. The number of hydrogen-bond acceptors (Lipinski definition) is 6. The van der Waals surface area contributed by atoms with Crippen LogP contribution >= 0.6 is 11.8 Å². The van der Waals surface area contributed by atoms with Crippen molar-refractivity contribution in [1.82, 2.24) is 19.1 Å². The van der Waals surface area contributed by atoms with E-state index >= 15 is 0 Å². The first kappa shape index (κ1) is 28.5. The maximum Gasteiger partial charge on any atom is 0.243 e. The Labute approximate surface area is 234 Å². The third-order valence-corrected chi connectivity index (χ3v) is 9.33. The number of rotatable bonds is 10. The normalized spacial score (nSPS) is 11.6. The van der Waals surface area contributed by atoms with Crippen LogP contribution in [-0.4, -0.2) is 52.2 Å². The van der Waals surface area contributed by atoms with E-state index in [1.807, 2.05) is 87.7 Å². The van der Waals surface area contributed by atoms with Gasteiger partial charge in [0.1, 0.15) is 0 Å². The van der Waals surface area contributed by atoms with E-state index in [1.165, 1.54) is 16.1 Å². The molecule has 1 heterocycles. The van der Waals surface area contributed by atoms with Gasteiger partial charge in [-0.2, -0.15) is 4.31 Å². The topological polar surface area (TPSA) is 97.2 Å². The van der Waals surface area contributed by atoms with Crippen molar-refractivity contribution in [2.75, 3.05) is 24.2 Å². The summed E-state index contributed by atoms with van der Waals surface area (Å²) in [6.07, 6.45) is 0. The average molecular weight is 564 g/mol. The van der Waals surface area contributed by atoms with Gasteiger partial charge in [-0.05, 0) is 56.2 Å². The minimum atomic E-state index is -3.65. The number of aryl methyl sites for hydroxylation is 3. The van der Waals surface area contributed by atoms with Crippen LogP contribution < -0.4 is 5.32 Å². The maximum atomic E-state index is 13.2. The molecule has 0 bridgehead atoms. The summed E-state index contributed by atoms with van der Waals surface area (Å²) in [7, 11) is -3.65. The summed E-state index contributed by atoms with van der Waals surface area (Å²) >= 11 is 1.27. The van der Waals surface area contributed by atoms with Crippen LogP contribution in [0.5, 0.6) is 0 Å². The molecule has 10 heteroatoms. The zero-order valence-corrected chi connectivity index (χ0v) is 24.4. The summed E-state index contributed by atoms with van der Waals surface area (Å²) in [5.41, 5.74) is 5.42. The maximum absolute atomic E-state index is 13.2. The Morgan fingerprint density at radius 2 is 1.59 bits per heavy atom. The molecule has 204 valence electrons. The number of aromatic nitrogens is 3. The Morgan fingerprint density at radius 1 is 0.923 bits per heavy atom. The van der Waals surface area contributed by atoms with Crippen molar-refractivity contribution < 1.29 is 13.2 Å². The van der Waals surface area contributed by atoms with Crippen LogP contribution in [-0.2, 0) is 14.8 Å². The molecule has 1 N–H and O–H groups in total. The highest BCUT2D eigenvalue weighted by Crippen LogP contribution is 2.30. The molecule has 0 unspecified atom stereocenters. The molecule has 1 amide bonds. The van der Waals surface area contributed by atoms with Crippen LogP contribution in [0.25, 0.3) is 17.1 Å². The van der Waals surface area contributed by atoms with Gasteiger partial charge in [0.2, 0.25) is 15.9 Å². The van der Waals surface area contributed by atoms with Crippen molar-refractivity contribution >= 4 is 33.4 Å². The number of anilines is 1. The highest BCUT2D eigenvalue weighted by atomic mass is 32.2. The van der Waals surface area contributed by atoms with Crippen molar-refractivity contribution in [1.29, 1.82) is 0 Å². The van der Waals surface area contributed by atoms with Gasteiger partial charge in [-0.15, -0.1) is 10.2 Å². The van der Waals surface area contributed by atoms with Crippen molar-refractivity contribution in [2.45, 2.75) is 44.7 Å². The number of nitrogens with one attached hydrogen (secondary N) is 1. The van der Waals surface area contributed by atoms with Crippen LogP contribution in [0.4, 0.5) is 5.69 Å². The first-order valence-electron chi connectivity index (χ1n) is 12.8. The van der Waals surface area contributed by atoms with E-state index in [1.54, 1.807) is 18.2 Å². The zero-order valence-electron chi connectivity index (χ0n) is 22.8. The molecule has 0 saturated carbocycles. The molecule has 0 aliphatic heterocycles. The lowest BCUT2D eigenvalue weighted by atomic mass is 10.1. The SMILES string of the molecule is CCN(CC)S(=O)(=O)c1cccc(-c2nnc(SCC(=O)Nc3c(C)cc(C)cc3C)n2-c2ccccc2)c1. The molecule has 0 atom stereocenters. The summed E-state index contributed by atoms with van der Waals surface area (Å²) in [6, 6.07) is 20.4. The van der Waals surface area contributed by atoms with Crippen LogP contribution in [0.15, 0.2) is 76.8 Å². The Morgan fingerprint density at radius 3 is 2.23 bits per heavy atom. The first-order chi connectivity index (χ1) is 18.6. The predicted molar refractivity (Wildman–Crippen MR) is 157 cm³/mol. The van der Waals surface area contributed by atoms with Gasteiger partial charge in [-0.25, -0.2) is 8.42 Å². The summed E-state index contributed by atoms with van der Waals surface area (Å²) < 4.78 is 29.6. The molecule has 1 aromatic heterocycles. The molecule has 0 aliphatic carbocycles. The first-order valence-corrected chi connectivity index (χ1v) is 15.2. The third-order valence-electron chi connectivity index (χ3n) is 6.36. The third kappa shape index (κ3) is 6.24. The fourth-order valence-electron chi connectivity index (χ4n) is 4.55. The summed E-state index contributed by atoms with van der Waals surface area (Å²) in [5, 5.41) is 12.4. The molecule has 4 aromatic rings. The molecular formula is C29H33N5O3S2.